The quantitative estimate of drug-likeness (QED) is 0.188. The molecule has 1 aromatic heterocycles. The van der Waals surface area contributed by atoms with E-state index in [0.717, 1.165) is 40.5 Å². The Kier molecular flexibility index (Phi) is 6.68. The predicted molar refractivity (Wildman–Crippen MR) is 209 cm³/mol. The summed E-state index contributed by atoms with van der Waals surface area (Å²) < 4.78 is 0. The van der Waals surface area contributed by atoms with E-state index in [-0.39, 0.29) is 24.2 Å². The summed E-state index contributed by atoms with van der Waals surface area (Å²) >= 11 is 0. The highest BCUT2D eigenvalue weighted by Gasteiger charge is 2.56. The molecule has 4 atom stereocenters. The molecule has 0 saturated heterocycles. The minimum absolute atomic E-state index is 0.0402. The topological polar surface area (TPSA) is 38.7 Å². The first-order valence-electron chi connectivity index (χ1n) is 17.8. The van der Waals surface area contributed by atoms with Crippen molar-refractivity contribution in [2.24, 2.45) is 5.92 Å². The van der Waals surface area contributed by atoms with E-state index in [1.54, 1.807) is 0 Å². The Morgan fingerprint density at radius 3 is 2.12 bits per heavy atom. The summed E-state index contributed by atoms with van der Waals surface area (Å²) in [5.41, 5.74) is 12.9. The van der Waals surface area contributed by atoms with Crippen molar-refractivity contribution in [3.63, 3.8) is 0 Å². The van der Waals surface area contributed by atoms with Crippen molar-refractivity contribution < 1.29 is 0 Å². The number of allylic oxidation sites excluding steroid dienone is 1. The van der Waals surface area contributed by atoms with E-state index in [2.05, 4.69) is 173 Å². The molecule has 6 nitrogen and oxygen atoms in total. The highest BCUT2D eigenvalue weighted by atomic mass is 15.5. The van der Waals surface area contributed by atoms with Crippen LogP contribution in [0.1, 0.15) is 34.6 Å². The molecule has 0 aliphatic carbocycles. The maximum Gasteiger partial charge on any atom is 0.162 e. The van der Waals surface area contributed by atoms with Gasteiger partial charge in [-0.1, -0.05) is 116 Å². The molecule has 0 bridgehead atoms. The van der Waals surface area contributed by atoms with E-state index in [1.165, 1.54) is 39.4 Å². The molecule has 0 fully saturated rings. The van der Waals surface area contributed by atoms with Gasteiger partial charge in [-0.2, -0.15) is 0 Å². The number of nitrogens with zero attached hydrogens (tertiary/aromatic N) is 6. The van der Waals surface area contributed by atoms with E-state index in [1.807, 2.05) is 6.20 Å². The number of benzene rings is 5. The molecule has 5 aromatic carbocycles. The number of aromatic nitrogens is 2. The van der Waals surface area contributed by atoms with Crippen molar-refractivity contribution in [1.29, 1.82) is 0 Å². The van der Waals surface area contributed by atoms with Gasteiger partial charge in [0.15, 0.2) is 11.6 Å². The van der Waals surface area contributed by atoms with Crippen LogP contribution in [0.5, 0.6) is 0 Å². The molecule has 248 valence electrons. The Hall–Kier alpha value is -6.14. The zero-order valence-corrected chi connectivity index (χ0v) is 28.8. The number of para-hydroxylation sites is 3. The summed E-state index contributed by atoms with van der Waals surface area (Å²) in [5, 5.41) is 0. The average molecular weight is 663 g/mol. The zero-order chi connectivity index (χ0) is 34.2. The normalized spacial score (nSPS) is 21.5. The van der Waals surface area contributed by atoms with Gasteiger partial charge in [-0.25, -0.2) is 9.97 Å². The SMILES string of the molecule is C=C1CC2c3ccccc3N3c4nc(-c5ccccc5C)ncc4N(C)C3C2C2N(C=C(c3ccccc3)N2c2ccccc2)c2ccccc21. The summed E-state index contributed by atoms with van der Waals surface area (Å²) in [6, 6.07) is 47.9. The van der Waals surface area contributed by atoms with Gasteiger partial charge in [0.2, 0.25) is 0 Å². The first-order valence-corrected chi connectivity index (χ1v) is 17.8. The lowest BCUT2D eigenvalue weighted by Crippen LogP contribution is -2.60. The smallest absolute Gasteiger partial charge is 0.162 e. The highest BCUT2D eigenvalue weighted by Crippen LogP contribution is 2.59. The Bertz CT molecular complexity index is 2350. The number of hydrogen-bond acceptors (Lipinski definition) is 6. The molecule has 51 heavy (non-hydrogen) atoms. The van der Waals surface area contributed by atoms with E-state index < -0.39 is 0 Å². The van der Waals surface area contributed by atoms with Crippen molar-refractivity contribution in [2.45, 2.75) is 31.6 Å². The number of rotatable bonds is 3. The van der Waals surface area contributed by atoms with Crippen LogP contribution in [-0.4, -0.2) is 29.3 Å². The average Bonchev–Trinajstić information content (AvgIpc) is 3.71. The predicted octanol–water partition coefficient (Wildman–Crippen LogP) is 9.85. The van der Waals surface area contributed by atoms with Gasteiger partial charge in [-0.3, -0.25) is 0 Å². The van der Waals surface area contributed by atoms with Crippen molar-refractivity contribution in [3.8, 4) is 11.4 Å². The van der Waals surface area contributed by atoms with Gasteiger partial charge in [0.25, 0.3) is 0 Å². The van der Waals surface area contributed by atoms with Crippen molar-refractivity contribution in [3.05, 3.63) is 175 Å². The summed E-state index contributed by atoms with van der Waals surface area (Å²) in [5.74, 6) is 1.96. The molecule has 10 rings (SSSR count). The van der Waals surface area contributed by atoms with Gasteiger partial charge in [0.1, 0.15) is 18.0 Å². The second-order valence-electron chi connectivity index (χ2n) is 14.1. The van der Waals surface area contributed by atoms with Crippen LogP contribution >= 0.6 is 0 Å². The summed E-state index contributed by atoms with van der Waals surface area (Å²) in [6.45, 7) is 6.91. The fourth-order valence-corrected chi connectivity index (χ4v) is 9.10. The van der Waals surface area contributed by atoms with Crippen LogP contribution < -0.4 is 19.6 Å². The maximum atomic E-state index is 5.39. The van der Waals surface area contributed by atoms with Crippen LogP contribution in [0.3, 0.4) is 0 Å². The maximum absolute atomic E-state index is 5.39. The first-order chi connectivity index (χ1) is 25.1. The first kappa shape index (κ1) is 29.7. The monoisotopic (exact) mass is 662 g/mol. The standard InChI is InChI=1S/C45H38N6/c1-29-16-10-11-22-34(29)42-46-27-39-43(47-42)51-38-25-15-13-23-35(38)36-26-30(2)33-21-12-14-24-37(33)49-28-40(31-17-6-4-7-18-31)50(32-19-8-5-9-20-32)45(49)41(36)44(51)48(39)3/h4-25,27-28,36,41,44-45H,2,26H2,1,3H3. The molecule has 0 radical (unpaired) electrons. The Morgan fingerprint density at radius 2 is 1.33 bits per heavy atom. The van der Waals surface area contributed by atoms with Crippen molar-refractivity contribution >= 4 is 39.8 Å². The minimum atomic E-state index is -0.0664. The molecule has 6 aromatic rings. The summed E-state index contributed by atoms with van der Waals surface area (Å²) in [4.78, 5) is 20.4. The van der Waals surface area contributed by atoms with E-state index in [0.29, 0.717) is 0 Å². The van der Waals surface area contributed by atoms with Crippen LogP contribution in [0, 0.1) is 12.8 Å². The lowest BCUT2D eigenvalue weighted by molar-refractivity contribution is 0.285. The van der Waals surface area contributed by atoms with E-state index >= 15 is 0 Å². The van der Waals surface area contributed by atoms with Crippen molar-refractivity contribution in [2.75, 3.05) is 26.6 Å². The van der Waals surface area contributed by atoms with Gasteiger partial charge in [0.05, 0.1) is 17.6 Å². The van der Waals surface area contributed by atoms with Gasteiger partial charge < -0.3 is 19.6 Å². The minimum Gasteiger partial charge on any atom is -0.349 e. The molecule has 5 heterocycles. The molecule has 4 aliphatic rings. The largest absolute Gasteiger partial charge is 0.349 e. The summed E-state index contributed by atoms with van der Waals surface area (Å²) in [7, 11) is 2.23. The van der Waals surface area contributed by atoms with Gasteiger partial charge >= 0.3 is 0 Å². The van der Waals surface area contributed by atoms with Crippen LogP contribution in [0.2, 0.25) is 0 Å². The summed E-state index contributed by atoms with van der Waals surface area (Å²) in [6.07, 6.45) is 5.16. The number of aryl methyl sites for hydroxylation is 1. The fraction of sp³-hybridized carbons (Fsp3) is 0.156. The number of fused-ring (bicyclic) bond motifs is 12. The Balaban J connectivity index is 1.24. The van der Waals surface area contributed by atoms with Crippen LogP contribution in [0.15, 0.2) is 152 Å². The third-order valence-corrected chi connectivity index (χ3v) is 11.4. The van der Waals surface area contributed by atoms with Crippen LogP contribution in [0.25, 0.3) is 22.7 Å². The molecule has 0 spiro atoms. The van der Waals surface area contributed by atoms with Gasteiger partial charge in [-0.15, -0.1) is 0 Å². The van der Waals surface area contributed by atoms with Crippen molar-refractivity contribution in [1.82, 2.24) is 9.97 Å². The van der Waals surface area contributed by atoms with Gasteiger partial charge in [-0.05, 0) is 59.9 Å². The molecule has 0 N–H and O–H groups in total. The number of hydrogen-bond donors (Lipinski definition) is 0. The third kappa shape index (κ3) is 4.42. The molecular formula is C45H38N6. The molecule has 4 unspecified atom stereocenters. The molecule has 6 heteroatoms. The third-order valence-electron chi connectivity index (χ3n) is 11.4. The van der Waals surface area contributed by atoms with E-state index in [4.69, 9.17) is 16.5 Å². The Morgan fingerprint density at radius 1 is 0.667 bits per heavy atom. The Labute approximate surface area is 299 Å². The lowest BCUT2D eigenvalue weighted by atomic mass is 9.72. The molecule has 0 amide bonds. The molecule has 4 aliphatic heterocycles. The molecule has 0 saturated carbocycles. The highest BCUT2D eigenvalue weighted by molar-refractivity contribution is 5.91. The second-order valence-corrected chi connectivity index (χ2v) is 14.1. The number of anilines is 5. The fourth-order valence-electron chi connectivity index (χ4n) is 9.10. The lowest BCUT2D eigenvalue weighted by Gasteiger charge is -2.53. The zero-order valence-electron chi connectivity index (χ0n) is 28.8. The van der Waals surface area contributed by atoms with Crippen LogP contribution in [-0.2, 0) is 0 Å². The molecular weight excluding hydrogens is 625 g/mol. The van der Waals surface area contributed by atoms with E-state index in [9.17, 15) is 0 Å². The van der Waals surface area contributed by atoms with Crippen LogP contribution in [0.4, 0.5) is 28.6 Å². The van der Waals surface area contributed by atoms with Gasteiger partial charge in [0, 0.05) is 47.6 Å². The second kappa shape index (κ2) is 11.5.